The highest BCUT2D eigenvalue weighted by molar-refractivity contribution is 6.35. The first kappa shape index (κ1) is 25.1. The number of Topliss-reactive ketones (excluding diaryl/α,β-unsaturated/α-hetero) is 1. The van der Waals surface area contributed by atoms with Crippen LogP contribution in [-0.4, -0.2) is 23.6 Å². The Morgan fingerprint density at radius 1 is 0.763 bits per heavy atom. The standard InChI is InChI=1S/C31H22ClNO5/c1-18-8-9-19(2)26(16-18)33-29(35)24-15-12-22(17-25(24)30(33)36)31(37)38-28(21-10-13-23(32)14-11-21)27(34)20-6-4-3-5-7-20/h3-17,28H,1-2H3/t28-/m0/s1. The number of hydrogen-bond donors (Lipinski definition) is 0. The Bertz CT molecular complexity index is 1590. The van der Waals surface area contributed by atoms with Crippen molar-refractivity contribution in [3.8, 4) is 0 Å². The van der Waals surface area contributed by atoms with E-state index in [1.807, 2.05) is 26.0 Å². The summed E-state index contributed by atoms with van der Waals surface area (Å²) in [6.07, 6.45) is -1.24. The van der Waals surface area contributed by atoms with Crippen molar-refractivity contribution in [2.45, 2.75) is 20.0 Å². The number of aryl methyl sites for hydroxylation is 2. The van der Waals surface area contributed by atoms with Crippen molar-refractivity contribution in [1.82, 2.24) is 0 Å². The molecular formula is C31H22ClNO5. The van der Waals surface area contributed by atoms with Gasteiger partial charge in [-0.3, -0.25) is 14.4 Å². The van der Waals surface area contributed by atoms with Gasteiger partial charge in [-0.05, 0) is 61.4 Å². The van der Waals surface area contributed by atoms with Gasteiger partial charge in [0.25, 0.3) is 11.8 Å². The first-order valence-corrected chi connectivity index (χ1v) is 12.3. The molecule has 5 rings (SSSR count). The summed E-state index contributed by atoms with van der Waals surface area (Å²) in [7, 11) is 0. The molecule has 0 unspecified atom stereocenters. The maximum Gasteiger partial charge on any atom is 0.339 e. The smallest absolute Gasteiger partial charge is 0.339 e. The Hall–Kier alpha value is -4.55. The van der Waals surface area contributed by atoms with Crippen LogP contribution in [0.5, 0.6) is 0 Å². The van der Waals surface area contributed by atoms with Crippen molar-refractivity contribution in [3.63, 3.8) is 0 Å². The molecule has 6 nitrogen and oxygen atoms in total. The number of carbonyl (C=O) groups excluding carboxylic acids is 4. The van der Waals surface area contributed by atoms with E-state index in [2.05, 4.69) is 0 Å². The molecule has 0 aliphatic carbocycles. The van der Waals surface area contributed by atoms with Gasteiger partial charge in [-0.15, -0.1) is 0 Å². The molecule has 7 heteroatoms. The third-order valence-electron chi connectivity index (χ3n) is 6.42. The number of ketones is 1. The highest BCUT2D eigenvalue weighted by Crippen LogP contribution is 2.32. The number of rotatable bonds is 6. The highest BCUT2D eigenvalue weighted by atomic mass is 35.5. The van der Waals surface area contributed by atoms with Gasteiger partial charge in [0.2, 0.25) is 5.78 Å². The first-order valence-electron chi connectivity index (χ1n) is 11.9. The molecule has 0 bridgehead atoms. The van der Waals surface area contributed by atoms with E-state index in [-0.39, 0.29) is 16.7 Å². The fraction of sp³-hybridized carbons (Fsp3) is 0.0968. The number of benzene rings is 4. The lowest BCUT2D eigenvalue weighted by Gasteiger charge is -2.18. The molecular weight excluding hydrogens is 502 g/mol. The number of imide groups is 1. The van der Waals surface area contributed by atoms with Crippen LogP contribution < -0.4 is 4.90 Å². The lowest BCUT2D eigenvalue weighted by Crippen LogP contribution is -2.30. The highest BCUT2D eigenvalue weighted by Gasteiger charge is 2.38. The van der Waals surface area contributed by atoms with E-state index in [0.29, 0.717) is 21.8 Å². The Labute approximate surface area is 224 Å². The van der Waals surface area contributed by atoms with Gasteiger partial charge in [0, 0.05) is 16.1 Å². The van der Waals surface area contributed by atoms with Crippen LogP contribution in [0.1, 0.15) is 64.2 Å². The molecule has 0 spiro atoms. The summed E-state index contributed by atoms with van der Waals surface area (Å²) in [6, 6.07) is 24.7. The van der Waals surface area contributed by atoms with Crippen LogP contribution in [0.15, 0.2) is 91.0 Å². The van der Waals surface area contributed by atoms with Gasteiger partial charge in [0.15, 0.2) is 6.10 Å². The fourth-order valence-corrected chi connectivity index (χ4v) is 4.51. The molecule has 0 saturated heterocycles. The molecule has 188 valence electrons. The summed E-state index contributed by atoms with van der Waals surface area (Å²) in [6.45, 7) is 3.70. The van der Waals surface area contributed by atoms with E-state index >= 15 is 0 Å². The molecule has 1 aliphatic rings. The number of anilines is 1. The third-order valence-corrected chi connectivity index (χ3v) is 6.67. The second-order valence-corrected chi connectivity index (χ2v) is 9.50. The van der Waals surface area contributed by atoms with E-state index in [0.717, 1.165) is 16.0 Å². The summed E-state index contributed by atoms with van der Waals surface area (Å²) in [5, 5.41) is 0.473. The zero-order valence-electron chi connectivity index (χ0n) is 20.6. The number of halogens is 1. The van der Waals surface area contributed by atoms with Gasteiger partial charge >= 0.3 is 5.97 Å². The Morgan fingerprint density at radius 3 is 2.16 bits per heavy atom. The molecule has 0 aromatic heterocycles. The number of carbonyl (C=O) groups is 4. The summed E-state index contributed by atoms with van der Waals surface area (Å²) in [5.74, 6) is -2.20. The molecule has 0 fully saturated rings. The topological polar surface area (TPSA) is 80.8 Å². The minimum atomic E-state index is -1.24. The SMILES string of the molecule is Cc1ccc(C)c(N2C(=O)c3ccc(C(=O)O[C@H](C(=O)c4ccccc4)c4ccc(Cl)cc4)cc3C2=O)c1. The van der Waals surface area contributed by atoms with Crippen LogP contribution in [-0.2, 0) is 4.74 Å². The second-order valence-electron chi connectivity index (χ2n) is 9.06. The molecule has 2 amide bonds. The molecule has 1 heterocycles. The normalized spacial score (nSPS) is 13.3. The van der Waals surface area contributed by atoms with E-state index in [4.69, 9.17) is 16.3 Å². The number of hydrogen-bond acceptors (Lipinski definition) is 5. The number of nitrogens with zero attached hydrogens (tertiary/aromatic N) is 1. The Morgan fingerprint density at radius 2 is 1.45 bits per heavy atom. The number of ether oxygens (including phenoxy) is 1. The summed E-state index contributed by atoms with van der Waals surface area (Å²) >= 11 is 6.01. The average molecular weight is 524 g/mol. The number of amides is 2. The van der Waals surface area contributed by atoms with Crippen LogP contribution in [0.4, 0.5) is 5.69 Å². The van der Waals surface area contributed by atoms with Crippen LogP contribution in [0.2, 0.25) is 5.02 Å². The van der Waals surface area contributed by atoms with Crippen molar-refractivity contribution in [3.05, 3.63) is 135 Å². The molecule has 0 radical (unpaired) electrons. The maximum atomic E-state index is 13.3. The van der Waals surface area contributed by atoms with Crippen LogP contribution in [0.25, 0.3) is 0 Å². The minimum Gasteiger partial charge on any atom is -0.445 e. The van der Waals surface area contributed by atoms with Gasteiger partial charge in [-0.25, -0.2) is 9.69 Å². The van der Waals surface area contributed by atoms with Crippen molar-refractivity contribution in [2.75, 3.05) is 4.90 Å². The number of esters is 1. The Balaban J connectivity index is 1.46. The van der Waals surface area contributed by atoms with Crippen molar-refractivity contribution < 1.29 is 23.9 Å². The van der Waals surface area contributed by atoms with E-state index in [9.17, 15) is 19.2 Å². The van der Waals surface area contributed by atoms with Gasteiger partial charge in [0.05, 0.1) is 22.4 Å². The molecule has 38 heavy (non-hydrogen) atoms. The fourth-order valence-electron chi connectivity index (χ4n) is 4.39. The summed E-state index contributed by atoms with van der Waals surface area (Å²) in [4.78, 5) is 54.1. The van der Waals surface area contributed by atoms with Crippen LogP contribution >= 0.6 is 11.6 Å². The zero-order valence-corrected chi connectivity index (χ0v) is 21.4. The molecule has 1 aliphatic heterocycles. The number of fused-ring (bicyclic) bond motifs is 1. The van der Waals surface area contributed by atoms with Crippen LogP contribution in [0.3, 0.4) is 0 Å². The quantitative estimate of drug-likeness (QED) is 0.163. The van der Waals surface area contributed by atoms with E-state index in [1.54, 1.807) is 60.7 Å². The van der Waals surface area contributed by atoms with E-state index in [1.165, 1.54) is 18.2 Å². The molecule has 4 aromatic rings. The maximum absolute atomic E-state index is 13.3. The first-order chi connectivity index (χ1) is 18.2. The monoisotopic (exact) mass is 523 g/mol. The predicted octanol–water partition coefficient (Wildman–Crippen LogP) is 6.54. The second kappa shape index (κ2) is 10.1. The van der Waals surface area contributed by atoms with Crippen LogP contribution in [0, 0.1) is 13.8 Å². The Kier molecular flexibility index (Phi) is 6.66. The largest absolute Gasteiger partial charge is 0.445 e. The average Bonchev–Trinajstić information content (AvgIpc) is 3.18. The third kappa shape index (κ3) is 4.62. The van der Waals surface area contributed by atoms with Crippen molar-refractivity contribution in [1.29, 1.82) is 0 Å². The van der Waals surface area contributed by atoms with Gasteiger partial charge < -0.3 is 4.74 Å². The molecule has 1 atom stereocenters. The predicted molar refractivity (Wildman–Crippen MR) is 144 cm³/mol. The van der Waals surface area contributed by atoms with Gasteiger partial charge in [-0.1, -0.05) is 66.2 Å². The van der Waals surface area contributed by atoms with Gasteiger partial charge in [0.1, 0.15) is 0 Å². The lowest BCUT2D eigenvalue weighted by atomic mass is 9.99. The summed E-state index contributed by atoms with van der Waals surface area (Å²) in [5.41, 5.74) is 3.34. The van der Waals surface area contributed by atoms with Crippen molar-refractivity contribution in [2.24, 2.45) is 0 Å². The minimum absolute atomic E-state index is 0.0486. The molecule has 4 aromatic carbocycles. The zero-order chi connectivity index (χ0) is 27.0. The lowest BCUT2D eigenvalue weighted by molar-refractivity contribution is 0.0280. The molecule has 0 N–H and O–H groups in total. The molecule has 0 saturated carbocycles. The van der Waals surface area contributed by atoms with Crippen molar-refractivity contribution >= 4 is 40.9 Å². The van der Waals surface area contributed by atoms with E-state index < -0.39 is 29.7 Å². The van der Waals surface area contributed by atoms with Gasteiger partial charge in [-0.2, -0.15) is 0 Å². The summed E-state index contributed by atoms with van der Waals surface area (Å²) < 4.78 is 5.71.